The van der Waals surface area contributed by atoms with Crippen LogP contribution in [-0.4, -0.2) is 55.9 Å². The number of fused-ring (bicyclic) bond motifs is 2. The second kappa shape index (κ2) is 13.3. The van der Waals surface area contributed by atoms with Crippen LogP contribution in [-0.2, 0) is 15.7 Å². The van der Waals surface area contributed by atoms with E-state index < -0.39 is 0 Å². The van der Waals surface area contributed by atoms with Crippen molar-refractivity contribution in [2.75, 3.05) is 18.9 Å². The summed E-state index contributed by atoms with van der Waals surface area (Å²) in [6.45, 7) is 9.27. The van der Waals surface area contributed by atoms with Crippen LogP contribution in [0.3, 0.4) is 0 Å². The first-order valence-electron chi connectivity index (χ1n) is 14.9. The van der Waals surface area contributed by atoms with Crippen LogP contribution in [0.1, 0.15) is 93.9 Å². The van der Waals surface area contributed by atoms with E-state index >= 15 is 0 Å². The van der Waals surface area contributed by atoms with E-state index in [0.717, 1.165) is 54.2 Å². The number of anilines is 1. The normalized spacial score (nSPS) is 21.3. The molecule has 4 heterocycles. The fourth-order valence-corrected chi connectivity index (χ4v) is 6.24. The van der Waals surface area contributed by atoms with Crippen molar-refractivity contribution in [2.24, 2.45) is 0 Å². The second-order valence-electron chi connectivity index (χ2n) is 12.9. The van der Waals surface area contributed by atoms with Crippen LogP contribution in [0.2, 0.25) is 0 Å². The molecular weight excluding hydrogens is 565 g/mol. The summed E-state index contributed by atoms with van der Waals surface area (Å²) in [5.41, 5.74) is 3.76. The Morgan fingerprint density at radius 3 is 2.53 bits per heavy atom. The van der Waals surface area contributed by atoms with Crippen LogP contribution < -0.4 is 34.2 Å². The number of aromatic nitrogens is 4. The third-order valence-electron chi connectivity index (χ3n) is 8.83. The third-order valence-corrected chi connectivity index (χ3v) is 8.83. The number of nitrogens with zero attached hydrogens (tertiary/aromatic N) is 5. The minimum absolute atomic E-state index is 0. The molecule has 3 aromatic heterocycles. The Morgan fingerprint density at radius 1 is 1.09 bits per heavy atom. The standard InChI is InChI=1S/C33H38N7O3.Li.H2O/c1-32(2,3)28-18-21(17-22(20-41)34-28)35-31(42)36-26-12-13-27(25-10-7-6-9-24(25)26)43-23-11-14-29-37-38-30(40(29)19-23)33(4)15-8-16-39(33)5;;/h6-7,9-11,14,17-19,26-27H,8,12-13,15-16H2,1-5H3,(H2,34,35,36,42);;1H2/q-1;+1;/p-1/t26-,27+,33-;;/m0../s1. The average Bonchev–Trinajstić information content (AvgIpc) is 3.56. The Kier molecular flexibility index (Phi) is 10.1. The first-order chi connectivity index (χ1) is 20.5. The summed E-state index contributed by atoms with van der Waals surface area (Å²) in [4.78, 5) is 31.2. The van der Waals surface area contributed by atoms with Gasteiger partial charge in [-0.05, 0) is 81.2 Å². The Hall–Kier alpha value is -3.75. The van der Waals surface area contributed by atoms with Crippen LogP contribution in [0.25, 0.3) is 5.65 Å². The van der Waals surface area contributed by atoms with Gasteiger partial charge in [0.2, 0.25) is 0 Å². The van der Waals surface area contributed by atoms with E-state index in [2.05, 4.69) is 55.2 Å². The molecule has 1 aliphatic heterocycles. The predicted octanol–water partition coefficient (Wildman–Crippen LogP) is 2.42. The van der Waals surface area contributed by atoms with E-state index in [-0.39, 0.29) is 59.2 Å². The molecule has 0 saturated carbocycles. The smallest absolute Gasteiger partial charge is 0.870 e. The number of ether oxygens (including phenoxy) is 1. The number of likely N-dealkylation sites (tertiary alicyclic amines) is 1. The molecule has 1 fully saturated rings. The summed E-state index contributed by atoms with van der Waals surface area (Å²) in [6.07, 6.45) is 7.26. The van der Waals surface area contributed by atoms with Gasteiger partial charge in [0.25, 0.3) is 0 Å². The quantitative estimate of drug-likeness (QED) is 0.252. The zero-order chi connectivity index (χ0) is 30.4. The molecule has 0 radical (unpaired) electrons. The summed E-state index contributed by atoms with van der Waals surface area (Å²) in [5, 5.41) is 15.0. The molecule has 3 atom stereocenters. The van der Waals surface area contributed by atoms with Gasteiger partial charge in [-0.25, -0.2) is 4.79 Å². The van der Waals surface area contributed by atoms with Crippen LogP contribution in [0.5, 0.6) is 5.75 Å². The third kappa shape index (κ3) is 6.77. The van der Waals surface area contributed by atoms with Gasteiger partial charge in [0.05, 0.1) is 17.8 Å². The van der Waals surface area contributed by atoms with Crippen LogP contribution in [0.4, 0.5) is 10.5 Å². The molecule has 2 aliphatic rings. The zero-order valence-corrected chi connectivity index (χ0v) is 26.8. The van der Waals surface area contributed by atoms with Crippen LogP contribution in [0.15, 0.2) is 54.7 Å². The van der Waals surface area contributed by atoms with Crippen molar-refractivity contribution < 1.29 is 38.7 Å². The molecule has 232 valence electrons. The number of urea groups is 1. The largest absolute Gasteiger partial charge is 1.00 e. The maximum atomic E-state index is 13.1. The molecule has 6 rings (SSSR count). The topological polar surface area (TPSA) is 144 Å². The molecule has 0 unspecified atom stereocenters. The van der Waals surface area contributed by atoms with Gasteiger partial charge in [-0.15, -0.1) is 10.2 Å². The number of nitrogens with one attached hydrogen (secondary N) is 2. The predicted molar refractivity (Wildman–Crippen MR) is 166 cm³/mol. The van der Waals surface area contributed by atoms with E-state index in [1.165, 1.54) is 6.07 Å². The summed E-state index contributed by atoms with van der Waals surface area (Å²) in [5.74, 6) is 1.67. The molecule has 2 amide bonds. The van der Waals surface area contributed by atoms with E-state index in [1.807, 2.05) is 63.6 Å². The fraction of sp³-hybridized carbons (Fsp3) is 0.424. The van der Waals surface area contributed by atoms with E-state index in [9.17, 15) is 9.59 Å². The molecule has 4 aromatic rings. The minimum Gasteiger partial charge on any atom is -0.870 e. The Labute approximate surface area is 275 Å². The van der Waals surface area contributed by atoms with Gasteiger partial charge in [-0.1, -0.05) is 50.7 Å². The number of benzene rings is 1. The monoisotopic (exact) mass is 604 g/mol. The average molecular weight is 605 g/mol. The van der Waals surface area contributed by atoms with Crippen LogP contribution in [0, 0.1) is 0 Å². The van der Waals surface area contributed by atoms with Crippen LogP contribution >= 0.6 is 0 Å². The van der Waals surface area contributed by atoms with Crippen molar-refractivity contribution in [1.82, 2.24) is 29.8 Å². The molecule has 12 heteroatoms. The Bertz CT molecular complexity index is 1690. The van der Waals surface area contributed by atoms with Gasteiger partial charge in [0, 0.05) is 17.4 Å². The number of hydrogen-bond acceptors (Lipinski definition) is 8. The molecule has 45 heavy (non-hydrogen) atoms. The molecule has 11 nitrogen and oxygen atoms in total. The van der Waals surface area contributed by atoms with Gasteiger partial charge < -0.3 is 25.6 Å². The van der Waals surface area contributed by atoms with Gasteiger partial charge in [0.1, 0.15) is 11.9 Å². The zero-order valence-electron chi connectivity index (χ0n) is 26.8. The second-order valence-corrected chi connectivity index (χ2v) is 12.9. The van der Waals surface area contributed by atoms with Gasteiger partial charge in [-0.2, -0.15) is 6.07 Å². The van der Waals surface area contributed by atoms with E-state index in [0.29, 0.717) is 17.8 Å². The number of amides is 2. The molecule has 0 spiro atoms. The van der Waals surface area contributed by atoms with Crippen molar-refractivity contribution in [3.05, 3.63) is 83.1 Å². The molecule has 0 bridgehead atoms. The first kappa shape index (κ1) is 34.1. The molecule has 1 aliphatic carbocycles. The molecule has 1 saturated heterocycles. The Balaban J connectivity index is 0.00000230. The maximum Gasteiger partial charge on any atom is 1.00 e. The SMILES string of the molecule is CN1CCC[C@@]1(C)c1nnc2ccc(O[C@@H]3CC[C@H](NC(=O)Nc4cc([C-]=O)nc(C(C)(C)C)c4)c4ccccc43)cn12.[Li+].[OH-]. The summed E-state index contributed by atoms with van der Waals surface area (Å²) in [7, 11) is 2.14. The number of carbonyl (C=O) groups excluding carboxylic acids is 2. The van der Waals surface area contributed by atoms with Crippen molar-refractivity contribution in [2.45, 2.75) is 76.5 Å². The van der Waals surface area contributed by atoms with Crippen molar-refractivity contribution in [1.29, 1.82) is 0 Å². The van der Waals surface area contributed by atoms with E-state index in [1.54, 1.807) is 6.07 Å². The number of hydrogen-bond donors (Lipinski definition) is 2. The van der Waals surface area contributed by atoms with Crippen molar-refractivity contribution >= 4 is 23.7 Å². The molecule has 3 N–H and O–H groups in total. The van der Waals surface area contributed by atoms with Crippen molar-refractivity contribution in [3.63, 3.8) is 0 Å². The summed E-state index contributed by atoms with van der Waals surface area (Å²) in [6, 6.07) is 14.8. The number of rotatable bonds is 6. The number of carbonyl (C=O) groups is 1. The van der Waals surface area contributed by atoms with Gasteiger partial charge >= 0.3 is 24.9 Å². The summed E-state index contributed by atoms with van der Waals surface area (Å²) >= 11 is 0. The fourth-order valence-electron chi connectivity index (χ4n) is 6.24. The first-order valence-corrected chi connectivity index (χ1v) is 14.9. The van der Waals surface area contributed by atoms with E-state index in [4.69, 9.17) is 4.74 Å². The van der Waals surface area contributed by atoms with Gasteiger partial charge in [-0.3, -0.25) is 14.3 Å². The summed E-state index contributed by atoms with van der Waals surface area (Å²) < 4.78 is 8.65. The molecular formula is C33H39LiN7O4-. The Morgan fingerprint density at radius 2 is 1.84 bits per heavy atom. The maximum absolute atomic E-state index is 13.1. The van der Waals surface area contributed by atoms with Gasteiger partial charge in [0.15, 0.2) is 11.5 Å². The number of pyridine rings is 2. The molecule has 1 aromatic carbocycles. The van der Waals surface area contributed by atoms with Crippen molar-refractivity contribution in [3.8, 4) is 5.75 Å². The minimum atomic E-state index is -0.349.